The summed E-state index contributed by atoms with van der Waals surface area (Å²) in [6.45, 7) is 0. The first-order valence-electron chi connectivity index (χ1n) is 8.85. The maximum Gasteiger partial charge on any atom is 0.339 e. The maximum absolute atomic E-state index is 11.9. The number of fused-ring (bicyclic) bond motifs is 1. The minimum Gasteiger partial charge on any atom is -0.497 e. The second-order valence-electron chi connectivity index (χ2n) is 6.67. The van der Waals surface area contributed by atoms with Crippen LogP contribution in [-0.4, -0.2) is 30.0 Å². The van der Waals surface area contributed by atoms with E-state index in [0.29, 0.717) is 6.42 Å². The third-order valence-electron chi connectivity index (χ3n) is 5.20. The van der Waals surface area contributed by atoms with Gasteiger partial charge >= 0.3 is 6.03 Å². The lowest BCUT2D eigenvalue weighted by Crippen LogP contribution is -2.33. The molecule has 0 atom stereocenters. The van der Waals surface area contributed by atoms with E-state index in [-0.39, 0.29) is 0 Å². The average molecular weight is 374 g/mol. The summed E-state index contributed by atoms with van der Waals surface area (Å²) in [7, 11) is 3.28. The van der Waals surface area contributed by atoms with E-state index in [2.05, 4.69) is 17.4 Å². The van der Waals surface area contributed by atoms with Crippen LogP contribution in [0.4, 0.5) is 4.79 Å². The van der Waals surface area contributed by atoms with Crippen molar-refractivity contribution in [2.24, 2.45) is 5.73 Å². The summed E-state index contributed by atoms with van der Waals surface area (Å²) in [4.78, 5) is 11.9. The van der Waals surface area contributed by atoms with Crippen LogP contribution in [0.1, 0.15) is 22.4 Å². The number of allylic oxidation sites excluding steroid dienone is 1. The molecular formula is C22H20N3O3. The number of benzene rings is 2. The van der Waals surface area contributed by atoms with Gasteiger partial charge in [-0.3, -0.25) is 0 Å². The van der Waals surface area contributed by atoms with Crippen LogP contribution in [0, 0.1) is 6.20 Å². The van der Waals surface area contributed by atoms with Crippen molar-refractivity contribution in [3.8, 4) is 11.5 Å². The lowest BCUT2D eigenvalue weighted by atomic mass is 9.68. The van der Waals surface area contributed by atoms with Crippen molar-refractivity contribution in [3.05, 3.63) is 83.2 Å². The summed E-state index contributed by atoms with van der Waals surface area (Å²) in [6, 6.07) is 15.2. The normalized spacial score (nSPS) is 14.4. The Bertz CT molecular complexity index is 1020. The summed E-state index contributed by atoms with van der Waals surface area (Å²) in [5.74, 6) is 1.52. The van der Waals surface area contributed by atoms with E-state index >= 15 is 0 Å². The molecule has 1 aliphatic rings. The van der Waals surface area contributed by atoms with Crippen molar-refractivity contribution in [2.45, 2.75) is 11.8 Å². The van der Waals surface area contributed by atoms with E-state index in [4.69, 9.17) is 15.2 Å². The average Bonchev–Trinajstić information content (AvgIpc) is 3.17. The SMILES string of the molecule is COc1cccc(C2(c3cccc(OC)c3)C=Cc3[c]nn(C(N)=O)c3C2)c1. The molecule has 1 amide bonds. The van der Waals surface area contributed by atoms with Gasteiger partial charge in [0, 0.05) is 17.4 Å². The van der Waals surface area contributed by atoms with Crippen LogP contribution in [-0.2, 0) is 11.8 Å². The summed E-state index contributed by atoms with van der Waals surface area (Å²) in [5.41, 5.74) is 8.51. The van der Waals surface area contributed by atoms with Crippen molar-refractivity contribution in [1.82, 2.24) is 9.78 Å². The van der Waals surface area contributed by atoms with Gasteiger partial charge in [0.1, 0.15) is 17.7 Å². The minimum absolute atomic E-state index is 0.499. The molecule has 0 saturated heterocycles. The number of carbonyl (C=O) groups excluding carboxylic acids is 1. The van der Waals surface area contributed by atoms with Crippen molar-refractivity contribution in [1.29, 1.82) is 0 Å². The van der Waals surface area contributed by atoms with Gasteiger partial charge in [0.25, 0.3) is 0 Å². The van der Waals surface area contributed by atoms with E-state index in [1.54, 1.807) is 14.2 Å². The fourth-order valence-electron chi connectivity index (χ4n) is 3.74. The Kier molecular flexibility index (Phi) is 4.39. The zero-order valence-corrected chi connectivity index (χ0v) is 15.7. The largest absolute Gasteiger partial charge is 0.497 e. The van der Waals surface area contributed by atoms with Crippen LogP contribution in [0.25, 0.3) is 6.08 Å². The molecule has 0 saturated carbocycles. The molecule has 4 rings (SSSR count). The topological polar surface area (TPSA) is 79.4 Å². The molecular weight excluding hydrogens is 354 g/mol. The van der Waals surface area contributed by atoms with Gasteiger partial charge in [-0.1, -0.05) is 36.4 Å². The van der Waals surface area contributed by atoms with Gasteiger partial charge in [0.2, 0.25) is 0 Å². The summed E-state index contributed by atoms with van der Waals surface area (Å²) in [6.07, 6.45) is 7.42. The molecule has 0 bridgehead atoms. The molecule has 28 heavy (non-hydrogen) atoms. The summed E-state index contributed by atoms with van der Waals surface area (Å²) in [5, 5.41) is 4.03. The Morgan fingerprint density at radius 2 is 1.71 bits per heavy atom. The van der Waals surface area contributed by atoms with Gasteiger partial charge < -0.3 is 15.2 Å². The Morgan fingerprint density at radius 1 is 1.11 bits per heavy atom. The second kappa shape index (κ2) is 6.88. The van der Waals surface area contributed by atoms with E-state index in [1.807, 2.05) is 54.6 Å². The van der Waals surface area contributed by atoms with Crippen molar-refractivity contribution < 1.29 is 14.3 Å². The van der Waals surface area contributed by atoms with Crippen LogP contribution in [0.2, 0.25) is 0 Å². The van der Waals surface area contributed by atoms with Crippen LogP contribution in [0.3, 0.4) is 0 Å². The quantitative estimate of drug-likeness (QED) is 0.761. The highest BCUT2D eigenvalue weighted by atomic mass is 16.5. The molecule has 2 aromatic carbocycles. The Hall–Kier alpha value is -3.54. The zero-order chi connectivity index (χ0) is 19.7. The van der Waals surface area contributed by atoms with Gasteiger partial charge in [0.15, 0.2) is 0 Å². The van der Waals surface area contributed by atoms with Crippen LogP contribution >= 0.6 is 0 Å². The molecule has 0 unspecified atom stereocenters. The predicted octanol–water partition coefficient (Wildman–Crippen LogP) is 3.18. The number of hydrogen-bond donors (Lipinski definition) is 1. The number of amides is 1. The molecule has 0 spiro atoms. The molecule has 1 heterocycles. The molecule has 3 aromatic rings. The predicted molar refractivity (Wildman–Crippen MR) is 106 cm³/mol. The summed E-state index contributed by atoms with van der Waals surface area (Å²) < 4.78 is 12.1. The molecule has 0 fully saturated rings. The number of methoxy groups -OCH3 is 2. The first kappa shape index (κ1) is 17.9. The van der Waals surface area contributed by atoms with Gasteiger partial charge in [-0.15, -0.1) is 0 Å². The minimum atomic E-state index is -0.627. The van der Waals surface area contributed by atoms with Crippen molar-refractivity contribution in [3.63, 3.8) is 0 Å². The van der Waals surface area contributed by atoms with Crippen LogP contribution in [0.5, 0.6) is 11.5 Å². The molecule has 141 valence electrons. The maximum atomic E-state index is 11.9. The van der Waals surface area contributed by atoms with Crippen molar-refractivity contribution in [2.75, 3.05) is 14.2 Å². The molecule has 0 aliphatic heterocycles. The first-order chi connectivity index (χ1) is 13.6. The van der Waals surface area contributed by atoms with Crippen LogP contribution < -0.4 is 15.2 Å². The number of ether oxygens (including phenoxy) is 2. The zero-order valence-electron chi connectivity index (χ0n) is 15.7. The van der Waals surface area contributed by atoms with Gasteiger partial charge in [-0.05, 0) is 35.4 Å². The molecule has 1 radical (unpaired) electrons. The Labute approximate surface area is 163 Å². The molecule has 1 aliphatic carbocycles. The van der Waals surface area contributed by atoms with E-state index in [0.717, 1.165) is 33.9 Å². The molecule has 2 N–H and O–H groups in total. The van der Waals surface area contributed by atoms with Gasteiger partial charge in [0.05, 0.1) is 19.9 Å². The fourth-order valence-corrected chi connectivity index (χ4v) is 3.74. The highest BCUT2D eigenvalue weighted by Crippen LogP contribution is 2.43. The number of nitrogens with zero attached hydrogens (tertiary/aromatic N) is 2. The number of nitrogens with two attached hydrogens (primary N) is 1. The lowest BCUT2D eigenvalue weighted by Gasteiger charge is -2.35. The van der Waals surface area contributed by atoms with Crippen LogP contribution in [0.15, 0.2) is 54.6 Å². The lowest BCUT2D eigenvalue weighted by molar-refractivity contribution is 0.246. The first-order valence-corrected chi connectivity index (χ1v) is 8.85. The number of hydrogen-bond acceptors (Lipinski definition) is 4. The van der Waals surface area contributed by atoms with Gasteiger partial charge in [-0.2, -0.15) is 9.78 Å². The number of rotatable bonds is 4. The fraction of sp³-hybridized carbons (Fsp3) is 0.182. The highest BCUT2D eigenvalue weighted by Gasteiger charge is 2.37. The second-order valence-corrected chi connectivity index (χ2v) is 6.67. The van der Waals surface area contributed by atoms with E-state index in [1.165, 1.54) is 4.68 Å². The molecule has 6 nitrogen and oxygen atoms in total. The molecule has 6 heteroatoms. The molecule has 1 aromatic heterocycles. The smallest absolute Gasteiger partial charge is 0.339 e. The third kappa shape index (κ3) is 2.83. The summed E-state index contributed by atoms with van der Waals surface area (Å²) >= 11 is 0. The van der Waals surface area contributed by atoms with Crippen molar-refractivity contribution >= 4 is 12.1 Å². The number of primary amides is 1. The van der Waals surface area contributed by atoms with E-state index < -0.39 is 11.4 Å². The Morgan fingerprint density at radius 3 is 2.25 bits per heavy atom. The Balaban J connectivity index is 1.94. The highest BCUT2D eigenvalue weighted by molar-refractivity contribution is 5.77. The number of carbonyl (C=O) groups is 1. The number of aromatic nitrogens is 2. The third-order valence-corrected chi connectivity index (χ3v) is 5.20. The van der Waals surface area contributed by atoms with E-state index in [9.17, 15) is 4.79 Å². The standard InChI is InChI=1S/C22H20N3O3/c1-27-18-7-3-5-16(11-18)22(17-6-4-8-19(12-17)28-2)10-9-15-14-24-25(21(23)26)20(15)13-22/h3-12H,13H2,1-2H3,(H2,23,26). The monoisotopic (exact) mass is 374 g/mol. The van der Waals surface area contributed by atoms with Gasteiger partial charge in [-0.25, -0.2) is 4.79 Å².